The van der Waals surface area contributed by atoms with Crippen molar-refractivity contribution in [3.63, 3.8) is 0 Å². The minimum absolute atomic E-state index is 0.483. The van der Waals surface area contributed by atoms with E-state index < -0.39 is 0 Å². The smallest absolute Gasteiger partial charge is 0.0948 e. The fourth-order valence-electron chi connectivity index (χ4n) is 2.44. The maximum Gasteiger partial charge on any atom is 0.0948 e. The molecular weight excluding hydrogens is 224 g/mol. The Morgan fingerprint density at radius 2 is 2.11 bits per heavy atom. The minimum Gasteiger partial charge on any atom is -0.347 e. The summed E-state index contributed by atoms with van der Waals surface area (Å²) >= 11 is 0. The molecule has 0 aliphatic carbocycles. The highest BCUT2D eigenvalue weighted by atomic mass is 15.1. The molecule has 4 heteroatoms. The normalized spacial score (nSPS) is 11.3. The number of benzene rings is 1. The third-order valence-electron chi connectivity index (χ3n) is 3.51. The maximum absolute atomic E-state index is 5.62. The van der Waals surface area contributed by atoms with Crippen LogP contribution >= 0.6 is 0 Å². The summed E-state index contributed by atoms with van der Waals surface area (Å²) in [6.45, 7) is 2.60. The zero-order chi connectivity index (χ0) is 12.7. The van der Waals surface area contributed by atoms with Gasteiger partial charge in [0.2, 0.25) is 0 Å². The zero-order valence-corrected chi connectivity index (χ0v) is 10.6. The van der Waals surface area contributed by atoms with E-state index in [9.17, 15) is 0 Å². The summed E-state index contributed by atoms with van der Waals surface area (Å²) in [4.78, 5) is 0. The molecule has 0 fully saturated rings. The predicted molar refractivity (Wildman–Crippen MR) is 73.1 cm³/mol. The SMILES string of the molecule is Cc1c(-c2cc(CN)[nH]n2)c2ccccc2n1C. The Morgan fingerprint density at radius 3 is 2.83 bits per heavy atom. The first-order valence-electron chi connectivity index (χ1n) is 6.01. The Morgan fingerprint density at radius 1 is 1.33 bits per heavy atom. The van der Waals surface area contributed by atoms with Gasteiger partial charge in [0.1, 0.15) is 0 Å². The number of nitrogens with zero attached hydrogens (tertiary/aromatic N) is 2. The molecule has 4 nitrogen and oxygen atoms in total. The van der Waals surface area contributed by atoms with Crippen molar-refractivity contribution in [2.24, 2.45) is 12.8 Å². The summed E-state index contributed by atoms with van der Waals surface area (Å²) < 4.78 is 2.20. The molecule has 0 atom stereocenters. The molecule has 1 aromatic carbocycles. The molecule has 18 heavy (non-hydrogen) atoms. The summed E-state index contributed by atoms with van der Waals surface area (Å²) in [5, 5.41) is 8.56. The topological polar surface area (TPSA) is 59.6 Å². The molecule has 3 rings (SSSR count). The molecule has 0 aliphatic rings. The number of aromatic nitrogens is 3. The molecule has 3 aromatic rings. The van der Waals surface area contributed by atoms with Gasteiger partial charge in [0.05, 0.1) is 5.69 Å². The molecule has 2 aromatic heterocycles. The van der Waals surface area contributed by atoms with Crippen LogP contribution in [0.1, 0.15) is 11.4 Å². The Bertz CT molecular complexity index is 706. The van der Waals surface area contributed by atoms with Gasteiger partial charge in [0.15, 0.2) is 0 Å². The van der Waals surface area contributed by atoms with E-state index in [0.29, 0.717) is 6.54 Å². The van der Waals surface area contributed by atoms with Crippen LogP contribution < -0.4 is 5.73 Å². The lowest BCUT2D eigenvalue weighted by Crippen LogP contribution is -1.95. The van der Waals surface area contributed by atoms with Crippen molar-refractivity contribution in [3.05, 3.63) is 41.7 Å². The van der Waals surface area contributed by atoms with Gasteiger partial charge in [-0.3, -0.25) is 5.10 Å². The van der Waals surface area contributed by atoms with Gasteiger partial charge in [-0.15, -0.1) is 0 Å². The molecule has 0 radical (unpaired) electrons. The second-order valence-electron chi connectivity index (χ2n) is 4.52. The van der Waals surface area contributed by atoms with Crippen LogP contribution in [0, 0.1) is 6.92 Å². The van der Waals surface area contributed by atoms with E-state index in [2.05, 4.69) is 53.0 Å². The Labute approximate surface area is 105 Å². The van der Waals surface area contributed by atoms with E-state index in [1.54, 1.807) is 0 Å². The first-order chi connectivity index (χ1) is 8.72. The van der Waals surface area contributed by atoms with Gasteiger partial charge in [-0.25, -0.2) is 0 Å². The van der Waals surface area contributed by atoms with Crippen LogP contribution in [0.4, 0.5) is 0 Å². The van der Waals surface area contributed by atoms with Crippen LogP contribution in [0.5, 0.6) is 0 Å². The van der Waals surface area contributed by atoms with Gasteiger partial charge < -0.3 is 10.3 Å². The molecule has 0 saturated heterocycles. The second-order valence-corrected chi connectivity index (χ2v) is 4.52. The van der Waals surface area contributed by atoms with Crippen molar-refractivity contribution in [2.75, 3.05) is 0 Å². The molecule has 0 amide bonds. The number of aromatic amines is 1. The van der Waals surface area contributed by atoms with Crippen molar-refractivity contribution in [1.29, 1.82) is 0 Å². The lowest BCUT2D eigenvalue weighted by molar-refractivity contribution is 0.917. The van der Waals surface area contributed by atoms with Crippen molar-refractivity contribution in [2.45, 2.75) is 13.5 Å². The number of fused-ring (bicyclic) bond motifs is 1. The fraction of sp³-hybridized carbons (Fsp3) is 0.214. The minimum atomic E-state index is 0.483. The second kappa shape index (κ2) is 3.99. The standard InChI is InChI=1S/C14H16N4/c1-9-14(12-7-10(8-15)16-17-12)11-5-3-4-6-13(11)18(9)2/h3-7H,8,15H2,1-2H3,(H,16,17). The van der Waals surface area contributed by atoms with Crippen molar-refractivity contribution in [3.8, 4) is 11.3 Å². The van der Waals surface area contributed by atoms with Crippen molar-refractivity contribution >= 4 is 10.9 Å². The predicted octanol–water partition coefficient (Wildman–Crippen LogP) is 2.34. The molecular formula is C14H16N4. The average Bonchev–Trinajstić information content (AvgIpc) is 2.95. The van der Waals surface area contributed by atoms with Crippen LogP contribution in [0.15, 0.2) is 30.3 Å². The highest BCUT2D eigenvalue weighted by Crippen LogP contribution is 2.32. The van der Waals surface area contributed by atoms with E-state index in [-0.39, 0.29) is 0 Å². The van der Waals surface area contributed by atoms with Crippen molar-refractivity contribution in [1.82, 2.24) is 14.8 Å². The molecule has 0 aliphatic heterocycles. The third kappa shape index (κ3) is 1.46. The molecule has 92 valence electrons. The Kier molecular flexibility index (Phi) is 2.45. The van der Waals surface area contributed by atoms with Crippen LogP contribution in [0.2, 0.25) is 0 Å². The Balaban J connectivity index is 2.31. The van der Waals surface area contributed by atoms with Gasteiger partial charge in [-0.1, -0.05) is 18.2 Å². The number of H-pyrrole nitrogens is 1. The highest BCUT2D eigenvalue weighted by Gasteiger charge is 2.15. The summed E-state index contributed by atoms with van der Waals surface area (Å²) in [6.07, 6.45) is 0. The van der Waals surface area contributed by atoms with Gasteiger partial charge in [0, 0.05) is 41.4 Å². The lowest BCUT2D eigenvalue weighted by Gasteiger charge is -1.98. The summed E-state index contributed by atoms with van der Waals surface area (Å²) in [7, 11) is 2.08. The molecule has 0 bridgehead atoms. The van der Waals surface area contributed by atoms with Gasteiger partial charge in [-0.05, 0) is 19.1 Å². The number of nitrogens with two attached hydrogens (primary N) is 1. The molecule has 0 unspecified atom stereocenters. The molecule has 3 N–H and O–H groups in total. The number of rotatable bonds is 2. The van der Waals surface area contributed by atoms with E-state index in [0.717, 1.165) is 11.4 Å². The number of nitrogens with one attached hydrogen (secondary N) is 1. The quantitative estimate of drug-likeness (QED) is 0.722. The van der Waals surface area contributed by atoms with E-state index >= 15 is 0 Å². The average molecular weight is 240 g/mol. The van der Waals surface area contributed by atoms with Crippen LogP contribution in [0.25, 0.3) is 22.2 Å². The van der Waals surface area contributed by atoms with E-state index in [1.807, 2.05) is 6.07 Å². The third-order valence-corrected chi connectivity index (χ3v) is 3.51. The van der Waals surface area contributed by atoms with E-state index in [4.69, 9.17) is 5.73 Å². The monoisotopic (exact) mass is 240 g/mol. The summed E-state index contributed by atoms with van der Waals surface area (Å²) in [6, 6.07) is 10.4. The maximum atomic E-state index is 5.62. The largest absolute Gasteiger partial charge is 0.347 e. The fourth-order valence-corrected chi connectivity index (χ4v) is 2.44. The molecule has 0 saturated carbocycles. The summed E-state index contributed by atoms with van der Waals surface area (Å²) in [5.41, 5.74) is 11.2. The summed E-state index contributed by atoms with van der Waals surface area (Å²) in [5.74, 6) is 0. The first-order valence-corrected chi connectivity index (χ1v) is 6.01. The molecule has 0 spiro atoms. The van der Waals surface area contributed by atoms with Crippen molar-refractivity contribution < 1.29 is 0 Å². The first kappa shape index (κ1) is 11.0. The van der Waals surface area contributed by atoms with Crippen LogP contribution in [0.3, 0.4) is 0 Å². The van der Waals surface area contributed by atoms with Gasteiger partial charge in [-0.2, -0.15) is 5.10 Å². The van der Waals surface area contributed by atoms with Crippen LogP contribution in [-0.4, -0.2) is 14.8 Å². The van der Waals surface area contributed by atoms with Gasteiger partial charge in [0.25, 0.3) is 0 Å². The molecule has 2 heterocycles. The number of aryl methyl sites for hydroxylation is 1. The van der Waals surface area contributed by atoms with Crippen LogP contribution in [-0.2, 0) is 13.6 Å². The lowest BCUT2D eigenvalue weighted by atomic mass is 10.1. The Hall–Kier alpha value is -2.07. The number of hydrogen-bond acceptors (Lipinski definition) is 2. The van der Waals surface area contributed by atoms with E-state index in [1.165, 1.54) is 22.2 Å². The number of hydrogen-bond donors (Lipinski definition) is 2. The van der Waals surface area contributed by atoms with Gasteiger partial charge >= 0.3 is 0 Å². The number of para-hydroxylation sites is 1. The highest BCUT2D eigenvalue weighted by molar-refractivity contribution is 5.97. The zero-order valence-electron chi connectivity index (χ0n) is 10.6.